The van der Waals surface area contributed by atoms with Gasteiger partial charge in [-0.2, -0.15) is 5.10 Å². The molecule has 3 rings (SSSR count). The molecule has 0 radical (unpaired) electrons. The fourth-order valence-electron chi connectivity index (χ4n) is 1.51. The molecule has 1 fully saturated rings. The molecular weight excluding hydrogens is 246 g/mol. The Balaban J connectivity index is 1.97. The van der Waals surface area contributed by atoms with Crippen molar-refractivity contribution in [2.24, 2.45) is 0 Å². The van der Waals surface area contributed by atoms with E-state index >= 15 is 0 Å². The van der Waals surface area contributed by atoms with Crippen molar-refractivity contribution in [3.05, 3.63) is 28.0 Å². The van der Waals surface area contributed by atoms with Crippen molar-refractivity contribution in [2.75, 3.05) is 0 Å². The summed E-state index contributed by atoms with van der Waals surface area (Å²) in [5.74, 6) is 0.613. The number of hydrogen-bond donors (Lipinski definition) is 0. The normalized spacial score (nSPS) is 15.3. The molecule has 0 amide bonds. The maximum atomic E-state index is 10.7. The van der Waals surface area contributed by atoms with Gasteiger partial charge in [0.05, 0.1) is 5.69 Å². The lowest BCUT2D eigenvalue weighted by Crippen LogP contribution is -1.94. The third-order valence-corrected chi connectivity index (χ3v) is 3.88. The fraction of sp³-hybridized carbons (Fsp3) is 0.300. The molecule has 1 aliphatic carbocycles. The zero-order valence-corrected chi connectivity index (χ0v) is 9.83. The lowest BCUT2D eigenvalue weighted by Gasteiger charge is -1.92. The molecule has 6 heteroatoms. The summed E-state index contributed by atoms with van der Waals surface area (Å²) < 4.78 is 1.68. The second-order valence-electron chi connectivity index (χ2n) is 3.73. The number of rotatable bonds is 3. The Bertz CT molecular complexity index is 544. The van der Waals surface area contributed by atoms with Gasteiger partial charge in [0.2, 0.25) is 5.13 Å². The van der Waals surface area contributed by atoms with Gasteiger partial charge in [-0.1, -0.05) is 22.9 Å². The highest BCUT2D eigenvalue weighted by Gasteiger charge is 2.26. The molecule has 1 aliphatic rings. The SMILES string of the molecule is O=Cc1sc(-n2ccc(C3CC3)n2)nc1Cl. The minimum Gasteiger partial charge on any atom is -0.297 e. The number of hydrogen-bond acceptors (Lipinski definition) is 4. The molecule has 0 N–H and O–H groups in total. The van der Waals surface area contributed by atoms with Gasteiger partial charge in [0.1, 0.15) is 4.88 Å². The Hall–Kier alpha value is -1.20. The zero-order valence-electron chi connectivity index (χ0n) is 8.26. The fourth-order valence-corrected chi connectivity index (χ4v) is 2.51. The Morgan fingerprint density at radius 2 is 2.38 bits per heavy atom. The van der Waals surface area contributed by atoms with E-state index in [4.69, 9.17) is 11.6 Å². The van der Waals surface area contributed by atoms with Crippen molar-refractivity contribution < 1.29 is 4.79 Å². The Morgan fingerprint density at radius 3 is 3.00 bits per heavy atom. The predicted molar refractivity (Wildman–Crippen MR) is 61.6 cm³/mol. The average Bonchev–Trinajstić information content (AvgIpc) is 2.89. The maximum Gasteiger partial charge on any atom is 0.212 e. The lowest BCUT2D eigenvalue weighted by molar-refractivity contribution is 0.112. The summed E-state index contributed by atoms with van der Waals surface area (Å²) in [4.78, 5) is 15.2. The largest absolute Gasteiger partial charge is 0.297 e. The van der Waals surface area contributed by atoms with E-state index < -0.39 is 0 Å². The number of carbonyl (C=O) groups is 1. The molecule has 0 bridgehead atoms. The van der Waals surface area contributed by atoms with E-state index in [1.165, 1.54) is 24.2 Å². The van der Waals surface area contributed by atoms with Crippen molar-refractivity contribution in [2.45, 2.75) is 18.8 Å². The van der Waals surface area contributed by atoms with Crippen LogP contribution in [0.3, 0.4) is 0 Å². The lowest BCUT2D eigenvalue weighted by atomic mass is 10.3. The molecule has 0 atom stereocenters. The number of thiazole rings is 1. The molecule has 0 aromatic carbocycles. The molecule has 0 spiro atoms. The summed E-state index contributed by atoms with van der Waals surface area (Å²) in [5.41, 5.74) is 1.10. The molecule has 4 nitrogen and oxygen atoms in total. The van der Waals surface area contributed by atoms with Crippen LogP contribution in [-0.2, 0) is 0 Å². The highest BCUT2D eigenvalue weighted by atomic mass is 35.5. The Morgan fingerprint density at radius 1 is 1.56 bits per heavy atom. The number of nitrogens with zero attached hydrogens (tertiary/aromatic N) is 3. The monoisotopic (exact) mass is 253 g/mol. The first-order valence-corrected chi connectivity index (χ1v) is 6.15. The second-order valence-corrected chi connectivity index (χ2v) is 5.10. The maximum absolute atomic E-state index is 10.7. The van der Waals surface area contributed by atoms with Crippen LogP contribution < -0.4 is 0 Å². The first-order chi connectivity index (χ1) is 7.78. The summed E-state index contributed by atoms with van der Waals surface area (Å²) in [6.45, 7) is 0. The van der Waals surface area contributed by atoms with Gasteiger partial charge in [-0.15, -0.1) is 0 Å². The van der Waals surface area contributed by atoms with Crippen molar-refractivity contribution in [3.63, 3.8) is 0 Å². The van der Waals surface area contributed by atoms with Crippen molar-refractivity contribution >= 4 is 29.2 Å². The highest BCUT2D eigenvalue weighted by molar-refractivity contribution is 7.16. The topological polar surface area (TPSA) is 47.8 Å². The van der Waals surface area contributed by atoms with Gasteiger partial charge >= 0.3 is 0 Å². The number of carbonyl (C=O) groups excluding carboxylic acids is 1. The minimum atomic E-state index is 0.249. The van der Waals surface area contributed by atoms with E-state index in [0.717, 1.165) is 12.0 Å². The first-order valence-electron chi connectivity index (χ1n) is 4.95. The molecule has 2 aromatic rings. The molecule has 1 saturated carbocycles. The first kappa shape index (κ1) is 9.99. The predicted octanol–water partition coefficient (Wildman–Crippen LogP) is 2.67. The van der Waals surface area contributed by atoms with Crippen LogP contribution in [0.15, 0.2) is 12.3 Å². The van der Waals surface area contributed by atoms with Gasteiger partial charge in [0, 0.05) is 12.1 Å². The third-order valence-electron chi connectivity index (χ3n) is 2.51. The van der Waals surface area contributed by atoms with E-state index in [9.17, 15) is 4.79 Å². The van der Waals surface area contributed by atoms with Crippen LogP contribution in [-0.4, -0.2) is 21.1 Å². The Labute approximate surface area is 101 Å². The standard InChI is InChI=1S/C10H8ClN3OS/c11-9-8(5-15)16-10(12-9)14-4-3-7(13-14)6-1-2-6/h3-6H,1-2H2. The molecule has 82 valence electrons. The van der Waals surface area contributed by atoms with E-state index in [-0.39, 0.29) is 5.15 Å². The van der Waals surface area contributed by atoms with Gasteiger partial charge in [0.15, 0.2) is 11.4 Å². The number of aldehydes is 1. The zero-order chi connectivity index (χ0) is 11.1. The third kappa shape index (κ3) is 1.66. The number of halogens is 1. The van der Waals surface area contributed by atoms with Crippen LogP contribution in [0.5, 0.6) is 0 Å². The van der Waals surface area contributed by atoms with Gasteiger partial charge in [0.25, 0.3) is 0 Å². The van der Waals surface area contributed by atoms with Crippen LogP contribution in [0.4, 0.5) is 0 Å². The quantitative estimate of drug-likeness (QED) is 0.790. The highest BCUT2D eigenvalue weighted by Crippen LogP contribution is 2.39. The summed E-state index contributed by atoms with van der Waals surface area (Å²) in [6, 6.07) is 1.99. The molecule has 2 aromatic heterocycles. The molecule has 0 aliphatic heterocycles. The summed E-state index contributed by atoms with van der Waals surface area (Å²) >= 11 is 7.05. The molecule has 0 unspecified atom stereocenters. The molecule has 16 heavy (non-hydrogen) atoms. The van der Waals surface area contributed by atoms with Crippen molar-refractivity contribution in [1.82, 2.24) is 14.8 Å². The van der Waals surface area contributed by atoms with Crippen LogP contribution >= 0.6 is 22.9 Å². The van der Waals surface area contributed by atoms with Gasteiger partial charge in [-0.25, -0.2) is 9.67 Å². The van der Waals surface area contributed by atoms with Gasteiger partial charge in [-0.3, -0.25) is 4.79 Å². The van der Waals surface area contributed by atoms with Gasteiger partial charge in [-0.05, 0) is 18.9 Å². The van der Waals surface area contributed by atoms with E-state index in [1.54, 1.807) is 4.68 Å². The van der Waals surface area contributed by atoms with E-state index in [0.29, 0.717) is 15.9 Å². The smallest absolute Gasteiger partial charge is 0.212 e. The summed E-state index contributed by atoms with van der Waals surface area (Å²) in [7, 11) is 0. The summed E-state index contributed by atoms with van der Waals surface area (Å²) in [5, 5.41) is 5.31. The molecule has 2 heterocycles. The van der Waals surface area contributed by atoms with Gasteiger partial charge < -0.3 is 0 Å². The van der Waals surface area contributed by atoms with Crippen LogP contribution in [0.25, 0.3) is 5.13 Å². The molecular formula is C10H8ClN3OS. The number of aromatic nitrogens is 3. The van der Waals surface area contributed by atoms with Crippen molar-refractivity contribution in [1.29, 1.82) is 0 Å². The van der Waals surface area contributed by atoms with Crippen LogP contribution in [0, 0.1) is 0 Å². The minimum absolute atomic E-state index is 0.249. The Kier molecular flexibility index (Phi) is 2.29. The molecule has 0 saturated heterocycles. The van der Waals surface area contributed by atoms with E-state index in [1.807, 2.05) is 12.3 Å². The summed E-state index contributed by atoms with van der Waals surface area (Å²) in [6.07, 6.45) is 5.01. The van der Waals surface area contributed by atoms with Crippen molar-refractivity contribution in [3.8, 4) is 5.13 Å². The van der Waals surface area contributed by atoms with Crippen LogP contribution in [0.1, 0.15) is 34.1 Å². The van der Waals surface area contributed by atoms with E-state index in [2.05, 4.69) is 10.1 Å². The second kappa shape index (κ2) is 3.68. The van der Waals surface area contributed by atoms with Crippen LogP contribution in [0.2, 0.25) is 5.15 Å². The average molecular weight is 254 g/mol.